The van der Waals surface area contributed by atoms with Gasteiger partial charge in [0.15, 0.2) is 22.9 Å². The molecule has 4 aliphatic rings. The van der Waals surface area contributed by atoms with Crippen molar-refractivity contribution in [2.24, 2.45) is 5.92 Å². The van der Waals surface area contributed by atoms with Crippen LogP contribution < -0.4 is 9.47 Å². The van der Waals surface area contributed by atoms with Crippen molar-refractivity contribution >= 4 is 23.4 Å². The normalized spacial score (nSPS) is 31.4. The largest absolute Gasteiger partial charge is 0.493 e. The Hall–Kier alpha value is -2.93. The number of ketones is 3. The molecule has 3 heterocycles. The Morgan fingerprint density at radius 3 is 2.72 bits per heavy atom. The highest BCUT2D eigenvalue weighted by molar-refractivity contribution is 6.16. The number of methoxy groups -OCH3 is 1. The average molecular weight is 396 g/mol. The smallest absolute Gasteiger partial charge is 0.204 e. The second-order valence-corrected chi connectivity index (χ2v) is 8.23. The second-order valence-electron chi connectivity index (χ2n) is 8.23. The third-order valence-corrected chi connectivity index (χ3v) is 5.92. The Balaban J connectivity index is 1.61. The highest BCUT2D eigenvalue weighted by atomic mass is 16.6. The monoisotopic (exact) mass is 396 g/mol. The zero-order chi connectivity index (χ0) is 20.6. The molecule has 3 aliphatic heterocycles. The van der Waals surface area contributed by atoms with Crippen LogP contribution in [0.15, 0.2) is 30.0 Å². The Kier molecular flexibility index (Phi) is 3.62. The number of fused-ring (bicyclic) bond motifs is 5. The predicted molar refractivity (Wildman–Crippen MR) is 101 cm³/mol. The molecule has 7 heteroatoms. The lowest BCUT2D eigenvalue weighted by molar-refractivity contribution is -0.141. The first-order valence-electron chi connectivity index (χ1n) is 9.49. The lowest BCUT2D eigenvalue weighted by atomic mass is 9.72. The van der Waals surface area contributed by atoms with E-state index >= 15 is 0 Å². The number of benzene rings is 1. The van der Waals surface area contributed by atoms with E-state index in [2.05, 4.69) is 0 Å². The fourth-order valence-corrected chi connectivity index (χ4v) is 4.50. The van der Waals surface area contributed by atoms with Crippen molar-refractivity contribution in [3.8, 4) is 11.5 Å². The van der Waals surface area contributed by atoms with E-state index in [0.717, 1.165) is 0 Å². The van der Waals surface area contributed by atoms with E-state index in [4.69, 9.17) is 18.9 Å². The molecule has 0 bridgehead atoms. The molecular formula is C22H20O7. The van der Waals surface area contributed by atoms with Crippen LogP contribution in [0.5, 0.6) is 11.5 Å². The van der Waals surface area contributed by atoms with E-state index in [-0.39, 0.29) is 24.6 Å². The number of ether oxygens (including phenoxy) is 4. The minimum atomic E-state index is -1.54. The zero-order valence-corrected chi connectivity index (χ0v) is 16.3. The van der Waals surface area contributed by atoms with E-state index in [1.54, 1.807) is 12.1 Å². The summed E-state index contributed by atoms with van der Waals surface area (Å²) in [5, 5.41) is 0. The number of allylic oxidation sites excluding steroid dienone is 1. The Bertz CT molecular complexity index is 1030. The summed E-state index contributed by atoms with van der Waals surface area (Å²) in [6, 6.07) is 3.40. The molecule has 5 rings (SSSR count). The lowest BCUT2D eigenvalue weighted by Crippen LogP contribution is -2.53. The molecule has 29 heavy (non-hydrogen) atoms. The summed E-state index contributed by atoms with van der Waals surface area (Å²) in [6.07, 6.45) is 4.15. The minimum absolute atomic E-state index is 0.0350. The van der Waals surface area contributed by atoms with Gasteiger partial charge in [-0.25, -0.2) is 0 Å². The van der Waals surface area contributed by atoms with Gasteiger partial charge in [-0.3, -0.25) is 14.4 Å². The summed E-state index contributed by atoms with van der Waals surface area (Å²) in [5.41, 5.74) is -0.915. The molecule has 0 aromatic heterocycles. The third-order valence-electron chi connectivity index (χ3n) is 5.92. The SMILES string of the molecule is COC1=C[C@]2(OC[C@H]3Oc4c(ccc5c4C=CC(C)(C)O5)C(=O)[C@H]32)C(=O)CC1=O. The Morgan fingerprint density at radius 1 is 1.17 bits per heavy atom. The van der Waals surface area contributed by atoms with Gasteiger partial charge in [-0.15, -0.1) is 0 Å². The van der Waals surface area contributed by atoms with Gasteiger partial charge in [-0.1, -0.05) is 0 Å². The van der Waals surface area contributed by atoms with Gasteiger partial charge in [0.1, 0.15) is 29.1 Å². The lowest BCUT2D eigenvalue weighted by Gasteiger charge is -2.37. The number of rotatable bonds is 1. The summed E-state index contributed by atoms with van der Waals surface area (Å²) < 4.78 is 23.1. The maximum absolute atomic E-state index is 13.5. The number of Topliss-reactive ketones (excluding diaryl/α,β-unsaturated/α-hetero) is 3. The van der Waals surface area contributed by atoms with Crippen molar-refractivity contribution in [2.75, 3.05) is 13.7 Å². The van der Waals surface area contributed by atoms with E-state index in [0.29, 0.717) is 22.6 Å². The van der Waals surface area contributed by atoms with Gasteiger partial charge in [0.25, 0.3) is 0 Å². The van der Waals surface area contributed by atoms with Gasteiger partial charge >= 0.3 is 0 Å². The molecule has 3 atom stereocenters. The van der Waals surface area contributed by atoms with Crippen LogP contribution in [-0.2, 0) is 19.1 Å². The topological polar surface area (TPSA) is 88.1 Å². The van der Waals surface area contributed by atoms with Crippen LogP contribution in [0.1, 0.15) is 36.2 Å². The van der Waals surface area contributed by atoms with Crippen LogP contribution in [0.25, 0.3) is 6.08 Å². The highest BCUT2D eigenvalue weighted by Crippen LogP contribution is 2.49. The van der Waals surface area contributed by atoms with Crippen LogP contribution in [0.4, 0.5) is 0 Å². The molecule has 0 radical (unpaired) electrons. The molecule has 0 amide bonds. The maximum Gasteiger partial charge on any atom is 0.204 e. The molecule has 1 aliphatic carbocycles. The van der Waals surface area contributed by atoms with E-state index < -0.39 is 34.8 Å². The van der Waals surface area contributed by atoms with Crippen LogP contribution in [0.2, 0.25) is 0 Å². The van der Waals surface area contributed by atoms with Gasteiger partial charge in [0.05, 0.1) is 31.3 Å². The summed E-state index contributed by atoms with van der Waals surface area (Å²) >= 11 is 0. The second kappa shape index (κ2) is 5.79. The molecule has 7 nitrogen and oxygen atoms in total. The van der Waals surface area contributed by atoms with Gasteiger partial charge in [0.2, 0.25) is 5.78 Å². The molecule has 1 spiro atoms. The van der Waals surface area contributed by atoms with Crippen LogP contribution >= 0.6 is 0 Å². The molecular weight excluding hydrogens is 376 g/mol. The summed E-state index contributed by atoms with van der Waals surface area (Å²) in [5.74, 6) is -0.868. The molecule has 1 saturated heterocycles. The van der Waals surface area contributed by atoms with E-state index in [1.807, 2.05) is 26.0 Å². The van der Waals surface area contributed by atoms with Crippen LogP contribution in [0.3, 0.4) is 0 Å². The number of carbonyl (C=O) groups is 3. The Morgan fingerprint density at radius 2 is 1.97 bits per heavy atom. The van der Waals surface area contributed by atoms with Crippen molar-refractivity contribution in [3.05, 3.63) is 41.2 Å². The molecule has 1 fully saturated rings. The first-order valence-corrected chi connectivity index (χ1v) is 9.49. The molecule has 0 N–H and O–H groups in total. The summed E-state index contributed by atoms with van der Waals surface area (Å²) in [6.45, 7) is 3.94. The van der Waals surface area contributed by atoms with Crippen LogP contribution in [-0.4, -0.2) is 48.4 Å². The number of hydrogen-bond acceptors (Lipinski definition) is 7. The molecule has 0 saturated carbocycles. The number of carbonyl (C=O) groups excluding carboxylic acids is 3. The van der Waals surface area contributed by atoms with Gasteiger partial charge in [-0.05, 0) is 38.1 Å². The fourth-order valence-electron chi connectivity index (χ4n) is 4.50. The van der Waals surface area contributed by atoms with Gasteiger partial charge < -0.3 is 18.9 Å². The zero-order valence-electron chi connectivity index (χ0n) is 16.3. The quantitative estimate of drug-likeness (QED) is 0.673. The van der Waals surface area contributed by atoms with Crippen molar-refractivity contribution in [1.29, 1.82) is 0 Å². The summed E-state index contributed by atoms with van der Waals surface area (Å²) in [4.78, 5) is 38.3. The molecule has 150 valence electrons. The maximum atomic E-state index is 13.5. The minimum Gasteiger partial charge on any atom is -0.493 e. The third kappa shape index (κ3) is 2.43. The molecule has 1 aromatic carbocycles. The van der Waals surface area contributed by atoms with Crippen LogP contribution in [0, 0.1) is 5.92 Å². The highest BCUT2D eigenvalue weighted by Gasteiger charge is 2.62. The van der Waals surface area contributed by atoms with Crippen molar-refractivity contribution in [3.63, 3.8) is 0 Å². The fraction of sp³-hybridized carbons (Fsp3) is 0.409. The van der Waals surface area contributed by atoms with E-state index in [9.17, 15) is 14.4 Å². The Labute approximate surface area is 167 Å². The predicted octanol–water partition coefficient (Wildman–Crippen LogP) is 2.27. The standard InChI is InChI=1S/C22H20O7/c1-21(2)7-6-11-14(29-21)5-4-12-19(25)18-16(28-20(11)12)10-27-22(18)9-15(26-3)13(23)8-17(22)24/h4-7,9,16,18H,8,10H2,1-3H3/t16-,18+,22+/m1/s1. The first kappa shape index (κ1) is 18.1. The molecule has 1 aromatic rings. The van der Waals surface area contributed by atoms with Crippen molar-refractivity contribution in [2.45, 2.75) is 37.6 Å². The van der Waals surface area contributed by atoms with Gasteiger partial charge in [0, 0.05) is 6.08 Å². The van der Waals surface area contributed by atoms with Gasteiger partial charge in [-0.2, -0.15) is 0 Å². The van der Waals surface area contributed by atoms with Crippen molar-refractivity contribution < 1.29 is 33.3 Å². The average Bonchev–Trinajstić information content (AvgIpc) is 3.03. The van der Waals surface area contributed by atoms with E-state index in [1.165, 1.54) is 13.2 Å². The molecule has 0 unspecified atom stereocenters. The van der Waals surface area contributed by atoms with Crippen molar-refractivity contribution in [1.82, 2.24) is 0 Å². The summed E-state index contributed by atoms with van der Waals surface area (Å²) in [7, 11) is 1.36. The first-order chi connectivity index (χ1) is 13.8. The number of hydrogen-bond donors (Lipinski definition) is 0.